The molecule has 0 radical (unpaired) electrons. The molecule has 0 heterocycles. The van der Waals surface area contributed by atoms with Crippen LogP contribution in [0.25, 0.3) is 0 Å². The lowest BCUT2D eigenvalue weighted by atomic mass is 9.85. The molecule has 0 aliphatic rings. The van der Waals surface area contributed by atoms with Gasteiger partial charge in [0.15, 0.2) is 0 Å². The fourth-order valence-corrected chi connectivity index (χ4v) is 1.91. The molecule has 0 fully saturated rings. The monoisotopic (exact) mass is 279 g/mol. The molecule has 4 heteroatoms. The Kier molecular flexibility index (Phi) is 6.02. The second-order valence-corrected chi connectivity index (χ2v) is 5.80. The fourth-order valence-electron chi connectivity index (χ4n) is 1.91. The van der Waals surface area contributed by atoms with E-state index in [1.807, 2.05) is 12.1 Å². The summed E-state index contributed by atoms with van der Waals surface area (Å²) in [7, 11) is 3.24. The molecule has 0 saturated carbocycles. The Bertz CT molecular complexity index is 450. The van der Waals surface area contributed by atoms with Crippen molar-refractivity contribution in [3.63, 3.8) is 0 Å². The lowest BCUT2D eigenvalue weighted by molar-refractivity contribution is -0.120. The molecule has 1 rings (SSSR count). The summed E-state index contributed by atoms with van der Waals surface area (Å²) in [6, 6.07) is 6.03. The van der Waals surface area contributed by atoms with E-state index in [1.54, 1.807) is 14.2 Å². The number of amides is 1. The molecule has 1 aromatic carbocycles. The van der Waals surface area contributed by atoms with Crippen molar-refractivity contribution < 1.29 is 14.3 Å². The molecular weight excluding hydrogens is 254 g/mol. The number of benzene rings is 1. The van der Waals surface area contributed by atoms with Crippen LogP contribution in [0.5, 0.6) is 5.75 Å². The van der Waals surface area contributed by atoms with Crippen LogP contribution in [-0.2, 0) is 21.4 Å². The number of rotatable bonds is 6. The van der Waals surface area contributed by atoms with Crippen molar-refractivity contribution in [3.8, 4) is 5.75 Å². The molecule has 1 amide bonds. The SMILES string of the molecule is COCCNC(=O)Cc1cc(C(C)(C)C)ccc1OC. The Morgan fingerprint density at radius 2 is 1.95 bits per heavy atom. The Balaban J connectivity index is 2.83. The van der Waals surface area contributed by atoms with E-state index in [2.05, 4.69) is 32.2 Å². The third-order valence-electron chi connectivity index (χ3n) is 3.13. The molecule has 4 nitrogen and oxygen atoms in total. The van der Waals surface area contributed by atoms with Gasteiger partial charge in [-0.05, 0) is 17.0 Å². The Hall–Kier alpha value is -1.55. The topological polar surface area (TPSA) is 47.6 Å². The second-order valence-electron chi connectivity index (χ2n) is 5.80. The van der Waals surface area contributed by atoms with Crippen LogP contribution in [0.2, 0.25) is 0 Å². The lowest BCUT2D eigenvalue weighted by Gasteiger charge is -2.21. The van der Waals surface area contributed by atoms with Crippen LogP contribution in [0.15, 0.2) is 18.2 Å². The average molecular weight is 279 g/mol. The minimum absolute atomic E-state index is 0.0218. The zero-order valence-electron chi connectivity index (χ0n) is 13.1. The third-order valence-corrected chi connectivity index (χ3v) is 3.13. The predicted octanol–water partition coefficient (Wildman–Crippen LogP) is 2.30. The Morgan fingerprint density at radius 1 is 1.25 bits per heavy atom. The van der Waals surface area contributed by atoms with Crippen molar-refractivity contribution in [2.24, 2.45) is 0 Å². The highest BCUT2D eigenvalue weighted by Gasteiger charge is 2.17. The molecule has 0 spiro atoms. The van der Waals surface area contributed by atoms with E-state index in [0.29, 0.717) is 19.6 Å². The van der Waals surface area contributed by atoms with E-state index in [9.17, 15) is 4.79 Å². The van der Waals surface area contributed by atoms with Gasteiger partial charge in [0.2, 0.25) is 5.91 Å². The van der Waals surface area contributed by atoms with Crippen molar-refractivity contribution in [3.05, 3.63) is 29.3 Å². The molecule has 0 aliphatic carbocycles. The summed E-state index contributed by atoms with van der Waals surface area (Å²) >= 11 is 0. The van der Waals surface area contributed by atoms with Crippen LogP contribution in [-0.4, -0.2) is 33.3 Å². The fraction of sp³-hybridized carbons (Fsp3) is 0.562. The van der Waals surface area contributed by atoms with Gasteiger partial charge in [-0.1, -0.05) is 32.9 Å². The van der Waals surface area contributed by atoms with Gasteiger partial charge in [0.25, 0.3) is 0 Å². The van der Waals surface area contributed by atoms with Crippen molar-refractivity contribution in [2.75, 3.05) is 27.4 Å². The van der Waals surface area contributed by atoms with Crippen LogP contribution in [0, 0.1) is 0 Å². The summed E-state index contributed by atoms with van der Waals surface area (Å²) in [5.74, 6) is 0.728. The minimum Gasteiger partial charge on any atom is -0.496 e. The second kappa shape index (κ2) is 7.29. The number of hydrogen-bond acceptors (Lipinski definition) is 3. The van der Waals surface area contributed by atoms with Crippen LogP contribution < -0.4 is 10.1 Å². The Labute approximate surface area is 121 Å². The van der Waals surface area contributed by atoms with E-state index >= 15 is 0 Å². The van der Waals surface area contributed by atoms with Crippen LogP contribution in [0.1, 0.15) is 31.9 Å². The van der Waals surface area contributed by atoms with Gasteiger partial charge in [0.05, 0.1) is 20.1 Å². The van der Waals surface area contributed by atoms with Crippen molar-refractivity contribution in [1.82, 2.24) is 5.32 Å². The maximum absolute atomic E-state index is 11.9. The highest BCUT2D eigenvalue weighted by molar-refractivity contribution is 5.79. The normalized spacial score (nSPS) is 11.2. The number of nitrogens with one attached hydrogen (secondary N) is 1. The standard InChI is InChI=1S/C16H25NO3/c1-16(2,3)13-6-7-14(20-5)12(10-13)11-15(18)17-8-9-19-4/h6-7,10H,8-9,11H2,1-5H3,(H,17,18). The summed E-state index contributed by atoms with van der Waals surface area (Å²) in [5, 5.41) is 2.82. The molecule has 0 atom stereocenters. The largest absolute Gasteiger partial charge is 0.496 e. The summed E-state index contributed by atoms with van der Waals surface area (Å²) in [6.45, 7) is 7.49. The van der Waals surface area contributed by atoms with E-state index < -0.39 is 0 Å². The van der Waals surface area contributed by atoms with Crippen molar-refractivity contribution in [1.29, 1.82) is 0 Å². The Morgan fingerprint density at radius 3 is 2.50 bits per heavy atom. The molecule has 20 heavy (non-hydrogen) atoms. The molecule has 0 unspecified atom stereocenters. The van der Waals surface area contributed by atoms with Gasteiger partial charge >= 0.3 is 0 Å². The van der Waals surface area contributed by atoms with Crippen LogP contribution in [0.3, 0.4) is 0 Å². The highest BCUT2D eigenvalue weighted by Crippen LogP contribution is 2.28. The van der Waals surface area contributed by atoms with Crippen LogP contribution >= 0.6 is 0 Å². The minimum atomic E-state index is -0.0218. The average Bonchev–Trinajstić information content (AvgIpc) is 2.38. The maximum atomic E-state index is 11.9. The first-order valence-electron chi connectivity index (χ1n) is 6.81. The molecule has 112 valence electrons. The van der Waals surface area contributed by atoms with Gasteiger partial charge in [0, 0.05) is 19.2 Å². The van der Waals surface area contributed by atoms with Gasteiger partial charge in [-0.2, -0.15) is 0 Å². The number of methoxy groups -OCH3 is 2. The van der Waals surface area contributed by atoms with Gasteiger partial charge in [0.1, 0.15) is 5.75 Å². The first-order valence-corrected chi connectivity index (χ1v) is 6.81. The zero-order chi connectivity index (χ0) is 15.2. The zero-order valence-corrected chi connectivity index (χ0v) is 13.1. The van der Waals surface area contributed by atoms with Crippen molar-refractivity contribution in [2.45, 2.75) is 32.6 Å². The molecule has 0 aliphatic heterocycles. The molecule has 1 aromatic rings. The molecule has 0 saturated heterocycles. The van der Waals surface area contributed by atoms with E-state index in [1.165, 1.54) is 5.56 Å². The summed E-state index contributed by atoms with van der Waals surface area (Å²) in [6.07, 6.45) is 0.316. The van der Waals surface area contributed by atoms with Gasteiger partial charge in [-0.3, -0.25) is 4.79 Å². The number of carbonyl (C=O) groups is 1. The maximum Gasteiger partial charge on any atom is 0.224 e. The van der Waals surface area contributed by atoms with E-state index in [-0.39, 0.29) is 11.3 Å². The van der Waals surface area contributed by atoms with E-state index in [0.717, 1.165) is 11.3 Å². The van der Waals surface area contributed by atoms with Gasteiger partial charge < -0.3 is 14.8 Å². The first kappa shape index (κ1) is 16.5. The summed E-state index contributed by atoms with van der Waals surface area (Å²) in [4.78, 5) is 11.9. The number of hydrogen-bond donors (Lipinski definition) is 1. The molecule has 1 N–H and O–H groups in total. The smallest absolute Gasteiger partial charge is 0.224 e. The highest BCUT2D eigenvalue weighted by atomic mass is 16.5. The summed E-state index contributed by atoms with van der Waals surface area (Å²) < 4.78 is 10.2. The quantitative estimate of drug-likeness (QED) is 0.813. The molecule has 0 aromatic heterocycles. The predicted molar refractivity (Wildman–Crippen MR) is 80.3 cm³/mol. The van der Waals surface area contributed by atoms with Crippen LogP contribution in [0.4, 0.5) is 0 Å². The van der Waals surface area contributed by atoms with E-state index in [4.69, 9.17) is 9.47 Å². The number of ether oxygens (including phenoxy) is 2. The number of carbonyl (C=O) groups excluding carboxylic acids is 1. The summed E-state index contributed by atoms with van der Waals surface area (Å²) in [5.41, 5.74) is 2.15. The lowest BCUT2D eigenvalue weighted by Crippen LogP contribution is -2.28. The molecular formula is C16H25NO3. The molecule has 0 bridgehead atoms. The van der Waals surface area contributed by atoms with Crippen molar-refractivity contribution >= 4 is 5.91 Å². The third kappa shape index (κ3) is 4.85. The first-order chi connectivity index (χ1) is 9.38. The van der Waals surface area contributed by atoms with Gasteiger partial charge in [-0.15, -0.1) is 0 Å². The van der Waals surface area contributed by atoms with Gasteiger partial charge in [-0.25, -0.2) is 0 Å².